The van der Waals surface area contributed by atoms with Gasteiger partial charge in [0, 0.05) is 39.9 Å². The molecule has 0 aromatic rings. The molecule has 1 aliphatic heterocycles. The van der Waals surface area contributed by atoms with E-state index in [9.17, 15) is 0 Å². The first kappa shape index (κ1) is 22.9. The van der Waals surface area contributed by atoms with E-state index >= 15 is 0 Å². The van der Waals surface area contributed by atoms with Gasteiger partial charge in [0.25, 0.3) is 0 Å². The van der Waals surface area contributed by atoms with Crippen molar-refractivity contribution in [1.29, 1.82) is 0 Å². The molecule has 0 amide bonds. The maximum absolute atomic E-state index is 5.64. The lowest BCUT2D eigenvalue weighted by atomic mass is 10.2. The molecule has 0 saturated carbocycles. The van der Waals surface area contributed by atoms with Gasteiger partial charge in [0.1, 0.15) is 0 Å². The van der Waals surface area contributed by atoms with E-state index < -0.39 is 0 Å². The summed E-state index contributed by atoms with van der Waals surface area (Å²) >= 11 is 0. The van der Waals surface area contributed by atoms with Crippen LogP contribution in [0.3, 0.4) is 0 Å². The molecule has 2 N–H and O–H groups in total. The van der Waals surface area contributed by atoms with Gasteiger partial charge in [-0.05, 0) is 32.4 Å². The maximum Gasteiger partial charge on any atom is 0.191 e. The quantitative estimate of drug-likeness (QED) is 0.221. The summed E-state index contributed by atoms with van der Waals surface area (Å²) in [6.45, 7) is 11.8. The number of nitrogens with one attached hydrogen (secondary N) is 2. The predicted molar refractivity (Wildman–Crippen MR) is 107 cm³/mol. The van der Waals surface area contributed by atoms with Crippen molar-refractivity contribution in [2.45, 2.75) is 39.2 Å². The summed E-state index contributed by atoms with van der Waals surface area (Å²) in [7, 11) is 1.81. The van der Waals surface area contributed by atoms with E-state index in [4.69, 9.17) is 9.47 Å². The molecule has 1 unspecified atom stereocenters. The number of ether oxygens (including phenoxy) is 2. The average molecular weight is 442 g/mol. The highest BCUT2D eigenvalue weighted by Crippen LogP contribution is 2.11. The Hall–Kier alpha value is -0.120. The fraction of sp³-hybridized carbons (Fsp3) is 0.938. The summed E-state index contributed by atoms with van der Waals surface area (Å²) in [5, 5.41) is 6.66. The Balaban J connectivity index is 0.00000484. The maximum atomic E-state index is 5.64. The fourth-order valence-corrected chi connectivity index (χ4v) is 2.46. The lowest BCUT2D eigenvalue weighted by molar-refractivity contribution is 0.0168. The van der Waals surface area contributed by atoms with E-state index in [0.717, 1.165) is 71.3 Å². The third kappa shape index (κ3) is 11.1. The number of likely N-dealkylation sites (N-methyl/N-ethyl adjacent to an activating group) is 1. The summed E-state index contributed by atoms with van der Waals surface area (Å²) < 4.78 is 11.2. The van der Waals surface area contributed by atoms with Crippen LogP contribution in [0, 0.1) is 0 Å². The predicted octanol–water partition coefficient (Wildman–Crippen LogP) is 1.70. The lowest BCUT2D eigenvalue weighted by Gasteiger charge is -2.19. The van der Waals surface area contributed by atoms with E-state index in [1.165, 1.54) is 6.42 Å². The number of guanidine groups is 1. The van der Waals surface area contributed by atoms with Crippen LogP contribution < -0.4 is 10.6 Å². The van der Waals surface area contributed by atoms with Crippen molar-refractivity contribution in [2.24, 2.45) is 4.99 Å². The summed E-state index contributed by atoms with van der Waals surface area (Å²) in [5.41, 5.74) is 0. The molecule has 1 rings (SSSR count). The van der Waals surface area contributed by atoms with E-state index in [1.807, 2.05) is 0 Å². The van der Waals surface area contributed by atoms with Gasteiger partial charge in [-0.3, -0.25) is 4.99 Å². The fourth-order valence-electron chi connectivity index (χ4n) is 2.46. The highest BCUT2D eigenvalue weighted by atomic mass is 127. The Morgan fingerprint density at radius 1 is 1.26 bits per heavy atom. The van der Waals surface area contributed by atoms with Gasteiger partial charge in [-0.1, -0.05) is 13.8 Å². The van der Waals surface area contributed by atoms with E-state index in [1.54, 1.807) is 7.05 Å². The van der Waals surface area contributed by atoms with Gasteiger partial charge in [0.15, 0.2) is 5.96 Å². The molecule has 0 radical (unpaired) electrons. The van der Waals surface area contributed by atoms with Crippen LogP contribution in [0.15, 0.2) is 4.99 Å². The molecule has 6 nitrogen and oxygen atoms in total. The van der Waals surface area contributed by atoms with Crippen molar-refractivity contribution in [2.75, 3.05) is 59.6 Å². The highest BCUT2D eigenvalue weighted by molar-refractivity contribution is 14.0. The van der Waals surface area contributed by atoms with Gasteiger partial charge < -0.3 is 25.0 Å². The number of hydrogen-bond acceptors (Lipinski definition) is 4. The van der Waals surface area contributed by atoms with Crippen LogP contribution >= 0.6 is 24.0 Å². The summed E-state index contributed by atoms with van der Waals surface area (Å²) in [4.78, 5) is 6.62. The number of rotatable bonds is 11. The van der Waals surface area contributed by atoms with E-state index in [2.05, 4.69) is 34.4 Å². The highest BCUT2D eigenvalue weighted by Gasteiger charge is 2.14. The van der Waals surface area contributed by atoms with Crippen molar-refractivity contribution >= 4 is 29.9 Å². The molecule has 0 bridgehead atoms. The number of hydrogen-bond donors (Lipinski definition) is 2. The standard InChI is InChI=1S/C16H34N4O2.HI/c1-4-20(5-2)11-10-19-16(17-3)18-9-7-12-21-14-15-8-6-13-22-15;/h15H,4-14H2,1-3H3,(H2,17,18,19);1H. The normalized spacial score (nSPS) is 18.1. The van der Waals surface area contributed by atoms with Gasteiger partial charge in [-0.2, -0.15) is 0 Å². The zero-order valence-electron chi connectivity index (χ0n) is 15.0. The molecule has 0 aromatic carbocycles. The average Bonchev–Trinajstić information content (AvgIpc) is 3.06. The van der Waals surface area contributed by atoms with Gasteiger partial charge >= 0.3 is 0 Å². The molecule has 1 aliphatic rings. The Bertz CT molecular complexity index is 296. The van der Waals surface area contributed by atoms with Crippen molar-refractivity contribution < 1.29 is 9.47 Å². The van der Waals surface area contributed by atoms with Gasteiger partial charge in [-0.15, -0.1) is 24.0 Å². The topological polar surface area (TPSA) is 58.1 Å². The largest absolute Gasteiger partial charge is 0.379 e. The first-order valence-corrected chi connectivity index (χ1v) is 8.66. The first-order chi connectivity index (χ1) is 10.8. The summed E-state index contributed by atoms with van der Waals surface area (Å²) in [6, 6.07) is 0. The van der Waals surface area contributed by atoms with Crippen molar-refractivity contribution in [3.63, 3.8) is 0 Å². The molecule has 1 saturated heterocycles. The second kappa shape index (κ2) is 15.4. The molecule has 1 atom stereocenters. The third-order valence-electron chi connectivity index (χ3n) is 3.92. The first-order valence-electron chi connectivity index (χ1n) is 8.66. The molecular formula is C16H35IN4O2. The molecule has 0 spiro atoms. The minimum Gasteiger partial charge on any atom is -0.379 e. The van der Waals surface area contributed by atoms with Crippen LogP contribution in [0.2, 0.25) is 0 Å². The summed E-state index contributed by atoms with van der Waals surface area (Å²) in [6.07, 6.45) is 3.61. The minimum absolute atomic E-state index is 0. The zero-order chi connectivity index (χ0) is 16.0. The van der Waals surface area contributed by atoms with E-state index in [-0.39, 0.29) is 24.0 Å². The molecule has 7 heteroatoms. The molecular weight excluding hydrogens is 407 g/mol. The molecule has 1 heterocycles. The van der Waals surface area contributed by atoms with Gasteiger partial charge in [0.2, 0.25) is 0 Å². The number of halogens is 1. The van der Waals surface area contributed by atoms with Crippen LogP contribution in [0.25, 0.3) is 0 Å². The van der Waals surface area contributed by atoms with Crippen LogP contribution in [0.5, 0.6) is 0 Å². The molecule has 23 heavy (non-hydrogen) atoms. The Morgan fingerprint density at radius 2 is 2.00 bits per heavy atom. The second-order valence-corrected chi connectivity index (χ2v) is 5.52. The monoisotopic (exact) mass is 442 g/mol. The minimum atomic E-state index is 0. The lowest BCUT2D eigenvalue weighted by Crippen LogP contribution is -2.42. The Labute approximate surface area is 158 Å². The smallest absolute Gasteiger partial charge is 0.191 e. The SMILES string of the molecule is CCN(CC)CCNC(=NC)NCCCOCC1CCCO1.I. The van der Waals surface area contributed by atoms with Gasteiger partial charge in [0.05, 0.1) is 12.7 Å². The second-order valence-electron chi connectivity index (χ2n) is 5.52. The van der Waals surface area contributed by atoms with Crippen LogP contribution in [0.4, 0.5) is 0 Å². The molecule has 0 aromatic heterocycles. The number of aliphatic imine (C=N–C) groups is 1. The molecule has 138 valence electrons. The molecule has 0 aliphatic carbocycles. The Morgan fingerprint density at radius 3 is 2.61 bits per heavy atom. The van der Waals surface area contributed by atoms with Crippen molar-refractivity contribution in [1.82, 2.24) is 15.5 Å². The van der Waals surface area contributed by atoms with Crippen molar-refractivity contribution in [3.05, 3.63) is 0 Å². The number of nitrogens with zero attached hydrogens (tertiary/aromatic N) is 2. The van der Waals surface area contributed by atoms with Crippen LogP contribution in [-0.2, 0) is 9.47 Å². The Kier molecular flexibility index (Phi) is 15.3. The zero-order valence-corrected chi connectivity index (χ0v) is 17.3. The van der Waals surface area contributed by atoms with Gasteiger partial charge in [-0.25, -0.2) is 0 Å². The summed E-state index contributed by atoms with van der Waals surface area (Å²) in [5.74, 6) is 0.867. The molecule has 1 fully saturated rings. The van der Waals surface area contributed by atoms with Crippen LogP contribution in [0.1, 0.15) is 33.1 Å². The van der Waals surface area contributed by atoms with E-state index in [0.29, 0.717) is 6.10 Å². The van der Waals surface area contributed by atoms with Crippen LogP contribution in [-0.4, -0.2) is 76.6 Å². The van der Waals surface area contributed by atoms with Crippen molar-refractivity contribution in [3.8, 4) is 0 Å². The third-order valence-corrected chi connectivity index (χ3v) is 3.92.